The molecule has 0 spiro atoms. The average Bonchev–Trinajstić information content (AvgIpc) is 3.34. The maximum absolute atomic E-state index is 9.76. The van der Waals surface area contributed by atoms with Gasteiger partial charge < -0.3 is 19.0 Å². The van der Waals surface area contributed by atoms with Crippen molar-refractivity contribution >= 4 is 69.0 Å². The molecule has 0 amide bonds. The zero-order valence-corrected chi connectivity index (χ0v) is 18.1. The number of hydrogen-bond acceptors (Lipinski definition) is 4. The molecule has 4 aromatic carbocycles. The smallest absolute Gasteiger partial charge is 0.454 e. The summed E-state index contributed by atoms with van der Waals surface area (Å²) in [5.41, 5.74) is 6.34. The number of benzene rings is 4. The van der Waals surface area contributed by atoms with Crippen LogP contribution in [-0.4, -0.2) is 27.5 Å². The number of hydrogen-bond donors (Lipinski definition) is 3. The van der Waals surface area contributed by atoms with E-state index >= 15 is 0 Å². The molecule has 156 valence electrons. The Morgan fingerprint density at radius 1 is 0.781 bits per heavy atom. The zero-order chi connectivity index (χ0) is 21.8. The van der Waals surface area contributed by atoms with Gasteiger partial charge in [0.25, 0.3) is 0 Å². The second-order valence-electron chi connectivity index (χ2n) is 8.06. The van der Waals surface area contributed by atoms with Gasteiger partial charge in [-0.05, 0) is 53.5 Å². The highest BCUT2D eigenvalue weighted by Gasteiger charge is 2.19. The number of aryl methyl sites for hydroxylation is 1. The summed E-state index contributed by atoms with van der Waals surface area (Å²) in [5.74, 6) is 0.767. The van der Waals surface area contributed by atoms with E-state index < -0.39 is 7.12 Å². The summed E-state index contributed by atoms with van der Waals surface area (Å²) in [4.78, 5) is 0. The van der Waals surface area contributed by atoms with Crippen LogP contribution < -0.4 is 5.46 Å². The summed E-state index contributed by atoms with van der Waals surface area (Å²) in [6.07, 6.45) is 0.868. The molecule has 6 aromatic rings. The van der Waals surface area contributed by atoms with E-state index in [2.05, 4.69) is 59.7 Å². The zero-order valence-electron chi connectivity index (χ0n) is 17.2. The number of furan rings is 1. The molecule has 2 N–H and O–H groups in total. The predicted octanol–water partition coefficient (Wildman–Crippen LogP) is 4.84. The molecule has 0 aliphatic rings. The fourth-order valence-corrected chi connectivity index (χ4v) is 4.96. The number of thiol groups is 1. The molecule has 0 fully saturated rings. The maximum atomic E-state index is 9.76. The average molecular weight is 437 g/mol. The molecular formula is C26H20BNO3S. The minimum absolute atomic E-state index is 0.470. The number of fused-ring (bicyclic) bond motifs is 6. The number of nitrogens with zero attached hydrogens (tertiary/aromatic N) is 1. The van der Waals surface area contributed by atoms with E-state index in [1.54, 1.807) is 6.07 Å². The molecule has 4 nitrogen and oxygen atoms in total. The lowest BCUT2D eigenvalue weighted by Crippen LogP contribution is -2.29. The van der Waals surface area contributed by atoms with E-state index in [0.717, 1.165) is 61.6 Å². The highest BCUT2D eigenvalue weighted by molar-refractivity contribution is 7.80. The van der Waals surface area contributed by atoms with Crippen molar-refractivity contribution in [3.63, 3.8) is 0 Å². The minimum atomic E-state index is -1.52. The largest absolute Gasteiger partial charge is 0.488 e. The Kier molecular flexibility index (Phi) is 4.54. The molecule has 0 radical (unpaired) electrons. The second-order valence-corrected chi connectivity index (χ2v) is 8.51. The molecule has 0 saturated carbocycles. The van der Waals surface area contributed by atoms with E-state index in [4.69, 9.17) is 4.42 Å². The summed E-state index contributed by atoms with van der Waals surface area (Å²) < 4.78 is 8.52. The van der Waals surface area contributed by atoms with Gasteiger partial charge in [-0.3, -0.25) is 0 Å². The third-order valence-electron chi connectivity index (χ3n) is 6.18. The topological polar surface area (TPSA) is 58.5 Å². The Bertz CT molecular complexity index is 1630. The summed E-state index contributed by atoms with van der Waals surface area (Å²) in [7, 11) is -1.52. The van der Waals surface area contributed by atoms with Crippen molar-refractivity contribution in [2.24, 2.45) is 0 Å². The number of para-hydroxylation sites is 2. The van der Waals surface area contributed by atoms with Crippen LogP contribution in [0.2, 0.25) is 0 Å². The van der Waals surface area contributed by atoms with Crippen LogP contribution in [0.25, 0.3) is 49.4 Å². The molecule has 2 aromatic heterocycles. The Balaban J connectivity index is 1.74. The first kappa shape index (κ1) is 19.5. The predicted molar refractivity (Wildman–Crippen MR) is 135 cm³/mol. The number of aromatic nitrogens is 1. The molecule has 32 heavy (non-hydrogen) atoms. The summed E-state index contributed by atoms with van der Waals surface area (Å²) >= 11 is 4.39. The van der Waals surface area contributed by atoms with Crippen LogP contribution in [0, 0.1) is 0 Å². The van der Waals surface area contributed by atoms with E-state index in [1.807, 2.05) is 30.3 Å². The van der Waals surface area contributed by atoms with Gasteiger partial charge in [-0.25, -0.2) is 0 Å². The Hall–Kier alpha value is -3.19. The van der Waals surface area contributed by atoms with Gasteiger partial charge in [0.15, 0.2) is 5.58 Å². The van der Waals surface area contributed by atoms with Crippen molar-refractivity contribution in [1.29, 1.82) is 0 Å². The molecule has 0 unspecified atom stereocenters. The second kappa shape index (κ2) is 7.45. The van der Waals surface area contributed by atoms with E-state index in [9.17, 15) is 10.0 Å². The lowest BCUT2D eigenvalue weighted by Gasteiger charge is -2.09. The highest BCUT2D eigenvalue weighted by atomic mass is 32.1. The maximum Gasteiger partial charge on any atom is 0.488 e. The normalized spacial score (nSPS) is 11.8. The van der Waals surface area contributed by atoms with Crippen molar-refractivity contribution in [2.45, 2.75) is 6.42 Å². The molecule has 6 heteroatoms. The van der Waals surface area contributed by atoms with Gasteiger partial charge in [-0.15, -0.1) is 0 Å². The van der Waals surface area contributed by atoms with E-state index in [-0.39, 0.29) is 0 Å². The number of rotatable bonds is 4. The standard InChI is InChI=1S/C26H20BNO3S/c29-27(30)17-9-11-23-21(15-17)20-14-16(12-13-32)8-10-22(20)28(23)24-6-3-5-19-18-4-1-2-7-25(18)31-26(19)24/h1-11,14-15,29-30,32H,12-13H2. The van der Waals surface area contributed by atoms with Crippen molar-refractivity contribution in [3.8, 4) is 5.69 Å². The van der Waals surface area contributed by atoms with Gasteiger partial charge in [0.2, 0.25) is 0 Å². The van der Waals surface area contributed by atoms with Gasteiger partial charge in [-0.1, -0.05) is 48.5 Å². The summed E-state index contributed by atoms with van der Waals surface area (Å²) in [6, 6.07) is 26.3. The molecule has 0 bridgehead atoms. The summed E-state index contributed by atoms with van der Waals surface area (Å²) in [5, 5.41) is 23.7. The van der Waals surface area contributed by atoms with E-state index in [1.165, 1.54) is 5.56 Å². The fourth-order valence-electron chi connectivity index (χ4n) is 4.70. The third-order valence-corrected chi connectivity index (χ3v) is 6.40. The van der Waals surface area contributed by atoms with Crippen LogP contribution in [0.15, 0.2) is 83.3 Å². The molecule has 0 aliphatic heterocycles. The Labute approximate surface area is 190 Å². The van der Waals surface area contributed by atoms with Gasteiger partial charge in [-0.2, -0.15) is 12.6 Å². The monoisotopic (exact) mass is 437 g/mol. The molecule has 6 rings (SSSR count). The van der Waals surface area contributed by atoms with Crippen LogP contribution in [0.4, 0.5) is 0 Å². The van der Waals surface area contributed by atoms with Gasteiger partial charge in [0.05, 0.1) is 16.7 Å². The van der Waals surface area contributed by atoms with Crippen molar-refractivity contribution in [3.05, 3.63) is 84.4 Å². The first-order chi connectivity index (χ1) is 15.7. The molecule has 2 heterocycles. The Morgan fingerprint density at radius 2 is 1.53 bits per heavy atom. The third kappa shape index (κ3) is 2.88. The molecular weight excluding hydrogens is 417 g/mol. The van der Waals surface area contributed by atoms with Crippen LogP contribution in [-0.2, 0) is 6.42 Å². The lowest BCUT2D eigenvalue weighted by molar-refractivity contribution is 0.426. The van der Waals surface area contributed by atoms with Crippen molar-refractivity contribution in [2.75, 3.05) is 5.75 Å². The van der Waals surface area contributed by atoms with Gasteiger partial charge in [0, 0.05) is 21.5 Å². The van der Waals surface area contributed by atoms with Crippen LogP contribution in [0.1, 0.15) is 5.56 Å². The van der Waals surface area contributed by atoms with Crippen LogP contribution in [0.5, 0.6) is 0 Å². The highest BCUT2D eigenvalue weighted by Crippen LogP contribution is 2.37. The van der Waals surface area contributed by atoms with Crippen molar-refractivity contribution < 1.29 is 14.5 Å². The SMILES string of the molecule is OB(O)c1ccc2c(c1)c1cc(CCS)ccc1n2-c1cccc2c1oc1ccccc12. The van der Waals surface area contributed by atoms with Gasteiger partial charge >= 0.3 is 7.12 Å². The molecule has 0 atom stereocenters. The quantitative estimate of drug-likeness (QED) is 0.273. The van der Waals surface area contributed by atoms with Crippen LogP contribution >= 0.6 is 12.6 Å². The van der Waals surface area contributed by atoms with E-state index in [0.29, 0.717) is 5.46 Å². The minimum Gasteiger partial charge on any atom is -0.454 e. The molecule has 0 saturated heterocycles. The summed E-state index contributed by atoms with van der Waals surface area (Å²) in [6.45, 7) is 0. The van der Waals surface area contributed by atoms with Gasteiger partial charge in [0.1, 0.15) is 5.58 Å². The lowest BCUT2D eigenvalue weighted by atomic mass is 9.80. The first-order valence-corrected chi connectivity index (χ1v) is 11.2. The van der Waals surface area contributed by atoms with Crippen molar-refractivity contribution in [1.82, 2.24) is 4.57 Å². The van der Waals surface area contributed by atoms with Crippen LogP contribution in [0.3, 0.4) is 0 Å². The Morgan fingerprint density at radius 3 is 2.34 bits per heavy atom. The fraction of sp³-hybridized carbons (Fsp3) is 0.0769. The molecule has 0 aliphatic carbocycles. The first-order valence-electron chi connectivity index (χ1n) is 10.6.